The first-order valence-electron chi connectivity index (χ1n) is 15.8. The summed E-state index contributed by atoms with van der Waals surface area (Å²) in [6.45, 7) is 6.81. The maximum atomic E-state index is 5.14. The number of hydrogen-bond donors (Lipinski definition) is 0. The molecule has 2 nitrogen and oxygen atoms in total. The molecule has 0 bridgehead atoms. The second kappa shape index (κ2) is 8.58. The lowest BCUT2D eigenvalue weighted by atomic mass is 9.81. The molecule has 0 radical (unpaired) electrons. The summed E-state index contributed by atoms with van der Waals surface area (Å²) >= 11 is 0. The van der Waals surface area contributed by atoms with Crippen LogP contribution in [-0.2, 0) is 5.41 Å². The zero-order chi connectivity index (χ0) is 30.0. The van der Waals surface area contributed by atoms with E-state index in [1.165, 1.54) is 76.6 Å². The Hall–Kier alpha value is -5.47. The van der Waals surface area contributed by atoms with E-state index in [0.717, 1.165) is 22.4 Å². The summed E-state index contributed by atoms with van der Waals surface area (Å²) in [5.41, 5.74) is 13.6. The van der Waals surface area contributed by atoms with Crippen LogP contribution >= 0.6 is 0 Å². The van der Waals surface area contributed by atoms with Crippen LogP contribution < -0.4 is 0 Å². The fraction of sp³-hybridized carbons (Fsp3) is 0.0930. The molecule has 0 N–H and O–H groups in total. The molecule has 1 aliphatic carbocycles. The second-order valence-electron chi connectivity index (χ2n) is 13.2. The van der Waals surface area contributed by atoms with Crippen LogP contribution in [0, 0.1) is 6.92 Å². The molecule has 7 aromatic carbocycles. The number of aromatic nitrogens is 2. The smallest absolute Gasteiger partial charge is 0.0972 e. The van der Waals surface area contributed by atoms with Crippen molar-refractivity contribution in [3.63, 3.8) is 0 Å². The Morgan fingerprint density at radius 3 is 2.13 bits per heavy atom. The lowest BCUT2D eigenvalue weighted by Gasteiger charge is -2.22. The molecule has 0 atom stereocenters. The molecule has 0 fully saturated rings. The van der Waals surface area contributed by atoms with Gasteiger partial charge in [0.25, 0.3) is 0 Å². The molecular formula is C43H30N2. The van der Waals surface area contributed by atoms with Crippen LogP contribution in [0.3, 0.4) is 0 Å². The molecule has 2 heteroatoms. The standard InChI is InChI=1S/C43H30N2/c1-25-13-22-37-42(44-25)41-34-21-15-26-14-18-30(27-16-19-32-31-11-7-8-12-35(31)43(2,3)36(32)23-27)33-20-17-28(40(34)39(26)33)24-38(41)45(37)29-9-5-4-6-10-29/h4-24H,1-3H3. The van der Waals surface area contributed by atoms with Gasteiger partial charge < -0.3 is 4.57 Å². The van der Waals surface area contributed by atoms with Crippen molar-refractivity contribution >= 4 is 54.3 Å². The number of benzene rings is 7. The van der Waals surface area contributed by atoms with E-state index in [0.29, 0.717) is 0 Å². The van der Waals surface area contributed by atoms with Gasteiger partial charge in [0.15, 0.2) is 0 Å². The minimum absolute atomic E-state index is 0.0323. The van der Waals surface area contributed by atoms with Crippen LogP contribution in [0.1, 0.15) is 30.7 Å². The van der Waals surface area contributed by atoms with Gasteiger partial charge in [0.2, 0.25) is 0 Å². The van der Waals surface area contributed by atoms with E-state index >= 15 is 0 Å². The van der Waals surface area contributed by atoms with E-state index < -0.39 is 0 Å². The van der Waals surface area contributed by atoms with Crippen molar-refractivity contribution in [2.24, 2.45) is 0 Å². The molecule has 2 aromatic heterocycles. The van der Waals surface area contributed by atoms with E-state index in [9.17, 15) is 0 Å². The van der Waals surface area contributed by atoms with Gasteiger partial charge >= 0.3 is 0 Å². The molecule has 0 saturated heterocycles. The average molecular weight is 575 g/mol. The average Bonchev–Trinajstić information content (AvgIpc) is 3.51. The maximum Gasteiger partial charge on any atom is 0.0972 e. The highest BCUT2D eigenvalue weighted by Gasteiger charge is 2.35. The van der Waals surface area contributed by atoms with Crippen molar-refractivity contribution in [3.8, 4) is 27.9 Å². The molecule has 2 heterocycles. The molecule has 45 heavy (non-hydrogen) atoms. The lowest BCUT2D eigenvalue weighted by molar-refractivity contribution is 0.660. The third-order valence-corrected chi connectivity index (χ3v) is 10.4. The van der Waals surface area contributed by atoms with Crippen LogP contribution in [0.2, 0.25) is 0 Å². The van der Waals surface area contributed by atoms with Gasteiger partial charge in [-0.05, 0) is 109 Å². The molecule has 0 amide bonds. The summed E-state index contributed by atoms with van der Waals surface area (Å²) < 4.78 is 2.38. The number of para-hydroxylation sites is 1. The van der Waals surface area contributed by atoms with Crippen LogP contribution in [-0.4, -0.2) is 9.55 Å². The fourth-order valence-corrected chi connectivity index (χ4v) is 8.31. The van der Waals surface area contributed by atoms with E-state index in [1.54, 1.807) is 0 Å². The molecular weight excluding hydrogens is 544 g/mol. The zero-order valence-corrected chi connectivity index (χ0v) is 25.5. The Kier molecular flexibility index (Phi) is 4.75. The fourth-order valence-electron chi connectivity index (χ4n) is 8.31. The summed E-state index contributed by atoms with van der Waals surface area (Å²) in [5, 5.41) is 8.98. The minimum Gasteiger partial charge on any atom is -0.308 e. The van der Waals surface area contributed by atoms with E-state index in [2.05, 4.69) is 153 Å². The van der Waals surface area contributed by atoms with Gasteiger partial charge in [-0.2, -0.15) is 0 Å². The van der Waals surface area contributed by atoms with Gasteiger partial charge in [-0.3, -0.25) is 4.98 Å². The van der Waals surface area contributed by atoms with E-state index in [-0.39, 0.29) is 5.41 Å². The number of nitrogens with zero attached hydrogens (tertiary/aromatic N) is 2. The van der Waals surface area contributed by atoms with Crippen LogP contribution in [0.4, 0.5) is 0 Å². The molecule has 0 aliphatic heterocycles. The highest BCUT2D eigenvalue weighted by molar-refractivity contribution is 6.33. The first-order chi connectivity index (χ1) is 22.0. The third kappa shape index (κ3) is 3.21. The Morgan fingerprint density at radius 2 is 1.24 bits per heavy atom. The second-order valence-corrected chi connectivity index (χ2v) is 13.2. The predicted molar refractivity (Wildman–Crippen MR) is 190 cm³/mol. The van der Waals surface area contributed by atoms with Crippen LogP contribution in [0.5, 0.6) is 0 Å². The Labute approximate surface area is 261 Å². The topological polar surface area (TPSA) is 17.8 Å². The van der Waals surface area contributed by atoms with Crippen molar-refractivity contribution in [2.45, 2.75) is 26.2 Å². The molecule has 9 aromatic rings. The highest BCUT2D eigenvalue weighted by atomic mass is 15.0. The molecule has 212 valence electrons. The summed E-state index contributed by atoms with van der Waals surface area (Å²) in [6.07, 6.45) is 0. The number of pyridine rings is 1. The molecule has 1 aliphatic rings. The SMILES string of the molecule is Cc1ccc2c(n1)c1c3ccc4ccc(-c5ccc6c(c5)C(C)(C)c5ccccc5-6)c5ccc(cc1n2-c1ccccc1)c3c45. The van der Waals surface area contributed by atoms with Gasteiger partial charge in [0.1, 0.15) is 0 Å². The minimum atomic E-state index is -0.0323. The van der Waals surface area contributed by atoms with Crippen molar-refractivity contribution < 1.29 is 0 Å². The molecule has 10 rings (SSSR count). The first-order valence-corrected chi connectivity index (χ1v) is 15.8. The van der Waals surface area contributed by atoms with Crippen LogP contribution in [0.25, 0.3) is 82.2 Å². The Bertz CT molecular complexity index is 2670. The Morgan fingerprint density at radius 1 is 0.533 bits per heavy atom. The summed E-state index contributed by atoms with van der Waals surface area (Å²) in [7, 11) is 0. The number of fused-ring (bicyclic) bond motifs is 7. The zero-order valence-electron chi connectivity index (χ0n) is 25.5. The lowest BCUT2D eigenvalue weighted by Crippen LogP contribution is -2.14. The first kappa shape index (κ1) is 24.9. The summed E-state index contributed by atoms with van der Waals surface area (Å²) in [5.74, 6) is 0. The predicted octanol–water partition coefficient (Wildman–Crippen LogP) is 11.4. The van der Waals surface area contributed by atoms with Gasteiger partial charge in [0.05, 0.1) is 16.6 Å². The maximum absolute atomic E-state index is 5.14. The monoisotopic (exact) mass is 574 g/mol. The van der Waals surface area contributed by atoms with Gasteiger partial charge in [-0.25, -0.2) is 0 Å². The molecule has 0 spiro atoms. The van der Waals surface area contributed by atoms with Crippen molar-refractivity contribution in [2.75, 3.05) is 0 Å². The van der Waals surface area contributed by atoms with E-state index in [1.807, 2.05) is 0 Å². The largest absolute Gasteiger partial charge is 0.308 e. The number of aryl methyl sites for hydroxylation is 1. The van der Waals surface area contributed by atoms with Crippen molar-refractivity contribution in [3.05, 3.63) is 144 Å². The normalized spacial score (nSPS) is 13.8. The van der Waals surface area contributed by atoms with Crippen molar-refractivity contribution in [1.29, 1.82) is 0 Å². The summed E-state index contributed by atoms with van der Waals surface area (Å²) in [4.78, 5) is 5.14. The molecule has 0 saturated carbocycles. The molecule has 0 unspecified atom stereocenters. The van der Waals surface area contributed by atoms with Crippen molar-refractivity contribution in [1.82, 2.24) is 9.55 Å². The number of rotatable bonds is 2. The summed E-state index contributed by atoms with van der Waals surface area (Å²) in [6, 6.07) is 47.3. The van der Waals surface area contributed by atoms with Gasteiger partial charge in [-0.15, -0.1) is 0 Å². The van der Waals surface area contributed by atoms with Crippen LogP contribution in [0.15, 0.2) is 127 Å². The third-order valence-electron chi connectivity index (χ3n) is 10.4. The highest BCUT2D eigenvalue weighted by Crippen LogP contribution is 2.50. The number of hydrogen-bond acceptors (Lipinski definition) is 1. The Balaban J connectivity index is 1.28. The quantitative estimate of drug-likeness (QED) is 0.188. The van der Waals surface area contributed by atoms with E-state index in [4.69, 9.17) is 4.98 Å². The van der Waals surface area contributed by atoms with Gasteiger partial charge in [-0.1, -0.05) is 105 Å². The van der Waals surface area contributed by atoms with Gasteiger partial charge in [0, 0.05) is 22.2 Å².